The number of nitrogens with zero attached hydrogens (tertiary/aromatic N) is 2. The summed E-state index contributed by atoms with van der Waals surface area (Å²) in [6, 6.07) is 8.31. The van der Waals surface area contributed by atoms with Crippen molar-refractivity contribution in [3.05, 3.63) is 50.3 Å². The van der Waals surface area contributed by atoms with E-state index in [9.17, 15) is 0 Å². The van der Waals surface area contributed by atoms with Gasteiger partial charge in [-0.15, -0.1) is 0 Å². The van der Waals surface area contributed by atoms with Gasteiger partial charge in [-0.25, -0.2) is 9.97 Å². The zero-order valence-corrected chi connectivity index (χ0v) is 14.3. The Balaban J connectivity index is 1.92. The molecule has 3 rings (SSSR count). The van der Waals surface area contributed by atoms with Gasteiger partial charge >= 0.3 is 0 Å². The van der Waals surface area contributed by atoms with E-state index in [1.165, 1.54) is 18.4 Å². The van der Waals surface area contributed by atoms with E-state index < -0.39 is 0 Å². The van der Waals surface area contributed by atoms with Crippen molar-refractivity contribution in [1.82, 2.24) is 9.97 Å². The summed E-state index contributed by atoms with van der Waals surface area (Å²) >= 11 is 7.07. The zero-order valence-electron chi connectivity index (χ0n) is 11.2. The summed E-state index contributed by atoms with van der Waals surface area (Å²) in [5.74, 6) is 2.36. The molecule has 1 fully saturated rings. The van der Waals surface area contributed by atoms with Gasteiger partial charge in [0.25, 0.3) is 0 Å². The van der Waals surface area contributed by atoms with Crippen LogP contribution in [0.4, 0.5) is 5.82 Å². The third-order valence-electron chi connectivity index (χ3n) is 3.40. The lowest BCUT2D eigenvalue weighted by molar-refractivity contribution is 0.892. The van der Waals surface area contributed by atoms with Crippen molar-refractivity contribution in [2.45, 2.75) is 25.2 Å². The number of nitrogens with one attached hydrogen (secondary N) is 1. The van der Waals surface area contributed by atoms with E-state index in [0.717, 1.165) is 32.7 Å². The Morgan fingerprint density at radius 1 is 1.15 bits per heavy atom. The number of hydrogen-bond donors (Lipinski definition) is 1. The number of hydrogen-bond acceptors (Lipinski definition) is 3. The smallest absolute Gasteiger partial charge is 0.144 e. The summed E-state index contributed by atoms with van der Waals surface area (Å²) < 4.78 is 2.11. The predicted octanol–water partition coefficient (Wildman–Crippen LogP) is 4.51. The Morgan fingerprint density at radius 3 is 2.45 bits per heavy atom. The summed E-state index contributed by atoms with van der Waals surface area (Å²) in [6.07, 6.45) is 3.22. The number of anilines is 1. The van der Waals surface area contributed by atoms with Crippen molar-refractivity contribution >= 4 is 37.7 Å². The third kappa shape index (κ3) is 3.04. The minimum Gasteiger partial charge on any atom is -0.372 e. The molecule has 5 heteroatoms. The first kappa shape index (κ1) is 14.0. The van der Waals surface area contributed by atoms with Gasteiger partial charge in [-0.3, -0.25) is 0 Å². The van der Waals surface area contributed by atoms with E-state index in [1.54, 1.807) is 0 Å². The fourth-order valence-electron chi connectivity index (χ4n) is 2.17. The molecule has 1 aromatic carbocycles. The van der Waals surface area contributed by atoms with Crippen LogP contribution < -0.4 is 5.32 Å². The molecule has 1 heterocycles. The molecule has 1 N–H and O–H groups in total. The van der Waals surface area contributed by atoms with E-state index in [-0.39, 0.29) is 0 Å². The Bertz CT molecular complexity index is 622. The summed E-state index contributed by atoms with van der Waals surface area (Å²) in [7, 11) is 1.90. The van der Waals surface area contributed by atoms with Crippen LogP contribution in [0.15, 0.2) is 33.2 Å². The van der Waals surface area contributed by atoms with Gasteiger partial charge in [-0.1, -0.05) is 28.1 Å². The normalized spacial score (nSPS) is 14.3. The molecule has 0 saturated heterocycles. The number of benzene rings is 1. The lowest BCUT2D eigenvalue weighted by Crippen LogP contribution is -2.06. The summed E-state index contributed by atoms with van der Waals surface area (Å²) in [6.45, 7) is 0. The molecule has 20 heavy (non-hydrogen) atoms. The van der Waals surface area contributed by atoms with Crippen LogP contribution in [0.1, 0.15) is 35.8 Å². The second-order valence-corrected chi connectivity index (χ2v) is 6.72. The first-order valence-electron chi connectivity index (χ1n) is 6.66. The molecule has 0 amide bonds. The van der Waals surface area contributed by atoms with Crippen molar-refractivity contribution in [2.24, 2.45) is 0 Å². The molecular weight excluding hydrogens is 382 g/mol. The Hall–Kier alpha value is -0.940. The Morgan fingerprint density at radius 2 is 1.85 bits per heavy atom. The molecule has 1 saturated carbocycles. The molecule has 0 atom stereocenters. The SMILES string of the molecule is CNc1nc(Cc2ccc(Br)cc2)nc(C2CC2)c1Br. The standard InChI is InChI=1S/C15H15Br2N3/c1-18-15-13(17)14(10-4-5-10)19-12(20-15)8-9-2-6-11(16)7-3-9/h2-3,6-7,10H,4-5,8H2,1H3,(H,18,19,20). The van der Waals surface area contributed by atoms with Crippen LogP contribution in [0.5, 0.6) is 0 Å². The van der Waals surface area contributed by atoms with Crippen molar-refractivity contribution in [1.29, 1.82) is 0 Å². The molecule has 0 bridgehead atoms. The van der Waals surface area contributed by atoms with Crippen molar-refractivity contribution in [3.63, 3.8) is 0 Å². The first-order valence-corrected chi connectivity index (χ1v) is 8.24. The van der Waals surface area contributed by atoms with Crippen LogP contribution in [0.2, 0.25) is 0 Å². The average Bonchev–Trinajstić information content (AvgIpc) is 3.27. The summed E-state index contributed by atoms with van der Waals surface area (Å²) in [5, 5.41) is 3.15. The van der Waals surface area contributed by atoms with Gasteiger partial charge in [0.1, 0.15) is 11.6 Å². The van der Waals surface area contributed by atoms with E-state index in [2.05, 4.69) is 66.4 Å². The van der Waals surface area contributed by atoms with Crippen LogP contribution in [0.25, 0.3) is 0 Å². The number of rotatable bonds is 4. The minimum absolute atomic E-state index is 0.600. The van der Waals surface area contributed by atoms with Crippen LogP contribution >= 0.6 is 31.9 Å². The maximum Gasteiger partial charge on any atom is 0.144 e. The zero-order chi connectivity index (χ0) is 14.1. The minimum atomic E-state index is 0.600. The number of aromatic nitrogens is 2. The fourth-order valence-corrected chi connectivity index (χ4v) is 3.13. The quantitative estimate of drug-likeness (QED) is 0.825. The molecule has 0 unspecified atom stereocenters. The highest BCUT2D eigenvalue weighted by atomic mass is 79.9. The van der Waals surface area contributed by atoms with Crippen LogP contribution in [-0.4, -0.2) is 17.0 Å². The predicted molar refractivity (Wildman–Crippen MR) is 88.2 cm³/mol. The maximum absolute atomic E-state index is 4.75. The van der Waals surface area contributed by atoms with Gasteiger partial charge in [0.2, 0.25) is 0 Å². The second kappa shape index (κ2) is 5.82. The highest BCUT2D eigenvalue weighted by Gasteiger charge is 2.29. The topological polar surface area (TPSA) is 37.8 Å². The lowest BCUT2D eigenvalue weighted by Gasteiger charge is -2.10. The molecule has 3 nitrogen and oxygen atoms in total. The Kier molecular flexibility index (Phi) is 4.08. The molecular formula is C15H15Br2N3. The summed E-state index contributed by atoms with van der Waals surface area (Å²) in [5.41, 5.74) is 2.37. The Labute approximate surface area is 135 Å². The van der Waals surface area contributed by atoms with Crippen LogP contribution in [0, 0.1) is 0 Å². The molecule has 0 spiro atoms. The largest absolute Gasteiger partial charge is 0.372 e. The second-order valence-electron chi connectivity index (χ2n) is 5.02. The highest BCUT2D eigenvalue weighted by molar-refractivity contribution is 9.11. The maximum atomic E-state index is 4.75. The van der Waals surface area contributed by atoms with Crippen LogP contribution in [0.3, 0.4) is 0 Å². The number of halogens is 2. The molecule has 0 aliphatic heterocycles. The molecule has 104 valence electrons. The molecule has 1 aromatic heterocycles. The van der Waals surface area contributed by atoms with E-state index >= 15 is 0 Å². The highest BCUT2D eigenvalue weighted by Crippen LogP contribution is 2.43. The van der Waals surface area contributed by atoms with Gasteiger partial charge in [0.05, 0.1) is 10.2 Å². The van der Waals surface area contributed by atoms with E-state index in [4.69, 9.17) is 4.98 Å². The van der Waals surface area contributed by atoms with Gasteiger partial charge < -0.3 is 5.32 Å². The molecule has 1 aliphatic carbocycles. The molecule has 1 aliphatic rings. The first-order chi connectivity index (χ1) is 9.67. The molecule has 2 aromatic rings. The van der Waals surface area contributed by atoms with Gasteiger partial charge in [-0.2, -0.15) is 0 Å². The van der Waals surface area contributed by atoms with Crippen molar-refractivity contribution in [2.75, 3.05) is 12.4 Å². The van der Waals surface area contributed by atoms with E-state index in [0.29, 0.717) is 5.92 Å². The molecule has 0 radical (unpaired) electrons. The van der Waals surface area contributed by atoms with Gasteiger partial charge in [0.15, 0.2) is 0 Å². The van der Waals surface area contributed by atoms with Crippen molar-refractivity contribution < 1.29 is 0 Å². The monoisotopic (exact) mass is 395 g/mol. The van der Waals surface area contributed by atoms with E-state index in [1.807, 2.05) is 7.05 Å². The lowest BCUT2D eigenvalue weighted by atomic mass is 10.1. The third-order valence-corrected chi connectivity index (χ3v) is 4.71. The summed E-state index contributed by atoms with van der Waals surface area (Å²) in [4.78, 5) is 9.35. The van der Waals surface area contributed by atoms with Crippen LogP contribution in [-0.2, 0) is 6.42 Å². The average molecular weight is 397 g/mol. The van der Waals surface area contributed by atoms with Crippen molar-refractivity contribution in [3.8, 4) is 0 Å². The van der Waals surface area contributed by atoms with Gasteiger partial charge in [-0.05, 0) is 46.5 Å². The van der Waals surface area contributed by atoms with Gasteiger partial charge in [0, 0.05) is 23.9 Å². The fraction of sp³-hybridized carbons (Fsp3) is 0.333.